The summed E-state index contributed by atoms with van der Waals surface area (Å²) in [5.41, 5.74) is 4.01. The Morgan fingerprint density at radius 2 is 1.86 bits per heavy atom. The van der Waals surface area contributed by atoms with Crippen molar-refractivity contribution in [3.63, 3.8) is 0 Å². The lowest BCUT2D eigenvalue weighted by Crippen LogP contribution is -2.54. The molecule has 0 bridgehead atoms. The molecule has 1 saturated carbocycles. The van der Waals surface area contributed by atoms with Gasteiger partial charge < -0.3 is 19.2 Å². The Bertz CT molecular complexity index is 1360. The second kappa shape index (κ2) is 10.3. The van der Waals surface area contributed by atoms with E-state index in [-0.39, 0.29) is 18.2 Å². The lowest BCUT2D eigenvalue weighted by molar-refractivity contribution is -0.143. The van der Waals surface area contributed by atoms with Crippen LogP contribution in [0.1, 0.15) is 66.3 Å². The summed E-state index contributed by atoms with van der Waals surface area (Å²) in [5, 5.41) is 11.8. The van der Waals surface area contributed by atoms with Gasteiger partial charge in [-0.05, 0) is 69.7 Å². The molecule has 5 rings (SSSR count). The predicted molar refractivity (Wildman–Crippen MR) is 144 cm³/mol. The highest BCUT2D eigenvalue weighted by Crippen LogP contribution is 2.40. The minimum absolute atomic E-state index is 0.0440. The van der Waals surface area contributed by atoms with Crippen LogP contribution in [0.5, 0.6) is 5.75 Å². The predicted octanol–water partition coefficient (Wildman–Crippen LogP) is 5.38. The zero-order valence-corrected chi connectivity index (χ0v) is 22.1. The number of fused-ring (bicyclic) bond motifs is 2. The van der Waals surface area contributed by atoms with Crippen molar-refractivity contribution < 1.29 is 19.1 Å². The van der Waals surface area contributed by atoms with Crippen LogP contribution in [0.4, 0.5) is 0 Å². The Kier molecular flexibility index (Phi) is 7.13. The fraction of sp³-hybridized carbons (Fsp3) is 0.484. The first-order valence-electron chi connectivity index (χ1n) is 13.5. The average Bonchev–Trinajstić information content (AvgIpc) is 2.89. The van der Waals surface area contributed by atoms with Gasteiger partial charge in [-0.25, -0.2) is 4.79 Å². The standard InChI is InChI=1S/C31H37NO5/c1-20-7-9-23(10-8-20)19-36-27-13-11-25-21(2)26(30(34)37-29(25)22(27)3)12-14-28(33)32-17-16-31(35)15-5-4-6-24(31)18-32/h7-11,13,24,35H,4-6,12,14-19H2,1-3H3. The molecule has 37 heavy (non-hydrogen) atoms. The Morgan fingerprint density at radius 3 is 2.65 bits per heavy atom. The van der Waals surface area contributed by atoms with Gasteiger partial charge in [-0.15, -0.1) is 0 Å². The number of amides is 1. The molecule has 0 spiro atoms. The summed E-state index contributed by atoms with van der Waals surface area (Å²) in [6, 6.07) is 12.1. The molecule has 2 aromatic carbocycles. The monoisotopic (exact) mass is 503 g/mol. The molecule has 1 aliphatic carbocycles. The van der Waals surface area contributed by atoms with Gasteiger partial charge in [-0.3, -0.25) is 4.79 Å². The van der Waals surface area contributed by atoms with Gasteiger partial charge in [0.2, 0.25) is 5.91 Å². The van der Waals surface area contributed by atoms with Gasteiger partial charge in [0.15, 0.2) is 0 Å². The van der Waals surface area contributed by atoms with Crippen molar-refractivity contribution in [1.82, 2.24) is 4.90 Å². The Hall–Kier alpha value is -3.12. The number of hydrogen-bond acceptors (Lipinski definition) is 5. The second-order valence-electron chi connectivity index (χ2n) is 11.0. The van der Waals surface area contributed by atoms with E-state index in [2.05, 4.69) is 19.1 Å². The summed E-state index contributed by atoms with van der Waals surface area (Å²) in [6.07, 6.45) is 5.26. The van der Waals surface area contributed by atoms with Crippen molar-refractivity contribution in [1.29, 1.82) is 0 Å². The average molecular weight is 504 g/mol. The zero-order chi connectivity index (χ0) is 26.2. The van der Waals surface area contributed by atoms with Crippen LogP contribution in [0.2, 0.25) is 0 Å². The molecule has 3 aromatic rings. The molecule has 1 N–H and O–H groups in total. The number of hydrogen-bond donors (Lipinski definition) is 1. The number of benzene rings is 2. The number of likely N-dealkylation sites (tertiary alicyclic amines) is 1. The smallest absolute Gasteiger partial charge is 0.339 e. The molecule has 1 aromatic heterocycles. The first kappa shape index (κ1) is 25.5. The van der Waals surface area contributed by atoms with E-state index in [0.717, 1.165) is 47.8 Å². The van der Waals surface area contributed by atoms with Gasteiger partial charge in [0.05, 0.1) is 5.60 Å². The van der Waals surface area contributed by atoms with E-state index in [1.807, 2.05) is 43.0 Å². The first-order chi connectivity index (χ1) is 17.7. The quantitative estimate of drug-likeness (QED) is 0.457. The number of aliphatic hydroxyl groups is 1. The van der Waals surface area contributed by atoms with Gasteiger partial charge in [-0.1, -0.05) is 42.7 Å². The number of carbonyl (C=O) groups excluding carboxylic acids is 1. The SMILES string of the molecule is Cc1ccc(COc2ccc3c(C)c(CCC(=O)N4CCC5(O)CCCCC5C4)c(=O)oc3c2C)cc1. The summed E-state index contributed by atoms with van der Waals surface area (Å²) in [5.74, 6) is 0.894. The number of nitrogens with zero attached hydrogens (tertiary/aromatic N) is 1. The van der Waals surface area contributed by atoms with Gasteiger partial charge in [0, 0.05) is 41.9 Å². The molecule has 1 saturated heterocycles. The third-order valence-electron chi connectivity index (χ3n) is 8.54. The highest BCUT2D eigenvalue weighted by Gasteiger charge is 2.43. The van der Waals surface area contributed by atoms with Crippen molar-refractivity contribution in [3.8, 4) is 5.75 Å². The van der Waals surface area contributed by atoms with Crippen molar-refractivity contribution in [3.05, 3.63) is 74.6 Å². The molecular weight excluding hydrogens is 466 g/mol. The van der Waals surface area contributed by atoms with Crippen LogP contribution in [0.15, 0.2) is 45.6 Å². The third kappa shape index (κ3) is 5.17. The van der Waals surface area contributed by atoms with Crippen LogP contribution in [-0.2, 0) is 17.8 Å². The minimum atomic E-state index is -0.606. The molecule has 6 heteroatoms. The highest BCUT2D eigenvalue weighted by molar-refractivity contribution is 5.86. The summed E-state index contributed by atoms with van der Waals surface area (Å²) in [7, 11) is 0. The summed E-state index contributed by atoms with van der Waals surface area (Å²) in [4.78, 5) is 27.9. The second-order valence-corrected chi connectivity index (χ2v) is 11.0. The number of rotatable bonds is 6. The van der Waals surface area contributed by atoms with Crippen LogP contribution in [-0.4, -0.2) is 34.6 Å². The van der Waals surface area contributed by atoms with Gasteiger partial charge in [0.1, 0.15) is 17.9 Å². The fourth-order valence-electron chi connectivity index (χ4n) is 6.05. The van der Waals surface area contributed by atoms with E-state index < -0.39 is 11.2 Å². The Morgan fingerprint density at radius 1 is 1.08 bits per heavy atom. The van der Waals surface area contributed by atoms with Crippen LogP contribution >= 0.6 is 0 Å². The van der Waals surface area contributed by atoms with Crippen LogP contribution < -0.4 is 10.4 Å². The molecule has 2 aliphatic rings. The largest absolute Gasteiger partial charge is 0.488 e. The molecule has 2 heterocycles. The molecule has 2 atom stereocenters. The topological polar surface area (TPSA) is 80.0 Å². The van der Waals surface area contributed by atoms with Gasteiger partial charge in [-0.2, -0.15) is 0 Å². The zero-order valence-electron chi connectivity index (χ0n) is 22.1. The van der Waals surface area contributed by atoms with Crippen LogP contribution in [0.25, 0.3) is 11.0 Å². The molecule has 6 nitrogen and oxygen atoms in total. The van der Waals surface area contributed by atoms with Crippen LogP contribution in [0, 0.1) is 26.7 Å². The normalized spacial score (nSPS) is 21.6. The van der Waals surface area contributed by atoms with Crippen LogP contribution in [0.3, 0.4) is 0 Å². The van der Waals surface area contributed by atoms with E-state index in [1.165, 1.54) is 5.56 Å². The minimum Gasteiger partial charge on any atom is -0.488 e. The molecule has 196 valence electrons. The molecule has 1 amide bonds. The summed E-state index contributed by atoms with van der Waals surface area (Å²) >= 11 is 0. The van der Waals surface area contributed by atoms with Crippen molar-refractivity contribution in [2.24, 2.45) is 5.92 Å². The molecule has 2 unspecified atom stereocenters. The summed E-state index contributed by atoms with van der Waals surface area (Å²) < 4.78 is 11.8. The number of carbonyl (C=O) groups is 1. The maximum atomic E-state index is 13.0. The van der Waals surface area contributed by atoms with Crippen molar-refractivity contribution >= 4 is 16.9 Å². The third-order valence-corrected chi connectivity index (χ3v) is 8.54. The van der Waals surface area contributed by atoms with E-state index in [0.29, 0.717) is 49.4 Å². The Labute approximate surface area is 218 Å². The number of aryl methyl sites for hydroxylation is 3. The number of piperidine rings is 1. The highest BCUT2D eigenvalue weighted by atomic mass is 16.5. The van der Waals surface area contributed by atoms with E-state index >= 15 is 0 Å². The lowest BCUT2D eigenvalue weighted by Gasteiger charge is -2.47. The summed E-state index contributed by atoms with van der Waals surface area (Å²) in [6.45, 7) is 7.52. The Balaban J connectivity index is 1.28. The van der Waals surface area contributed by atoms with Gasteiger partial charge >= 0.3 is 5.63 Å². The maximum absolute atomic E-state index is 13.0. The molecule has 0 radical (unpaired) electrons. The number of ether oxygens (including phenoxy) is 1. The lowest BCUT2D eigenvalue weighted by atomic mass is 9.71. The molecule has 2 fully saturated rings. The van der Waals surface area contributed by atoms with Gasteiger partial charge in [0.25, 0.3) is 0 Å². The van der Waals surface area contributed by atoms with Crippen molar-refractivity contribution in [2.75, 3.05) is 13.1 Å². The molecular formula is C31H37NO5. The van der Waals surface area contributed by atoms with Crippen molar-refractivity contribution in [2.45, 2.75) is 77.9 Å². The fourth-order valence-corrected chi connectivity index (χ4v) is 6.05. The first-order valence-corrected chi connectivity index (χ1v) is 13.5. The maximum Gasteiger partial charge on any atom is 0.339 e. The van der Waals surface area contributed by atoms with E-state index in [9.17, 15) is 14.7 Å². The van der Waals surface area contributed by atoms with E-state index in [4.69, 9.17) is 9.15 Å². The van der Waals surface area contributed by atoms with E-state index in [1.54, 1.807) is 0 Å². The molecule has 1 aliphatic heterocycles.